The summed E-state index contributed by atoms with van der Waals surface area (Å²) in [5.41, 5.74) is 5.81. The molecule has 94 valence electrons. The molecule has 0 bridgehead atoms. The molecule has 0 atom stereocenters. The minimum atomic E-state index is -0.716. The Hall–Kier alpha value is -1.78. The summed E-state index contributed by atoms with van der Waals surface area (Å²) in [5, 5.41) is 0. The van der Waals surface area contributed by atoms with Gasteiger partial charge < -0.3 is 15.2 Å². The lowest BCUT2D eigenvalue weighted by molar-refractivity contribution is -0.152. The number of methoxy groups -OCH3 is 1. The molecule has 0 spiro atoms. The van der Waals surface area contributed by atoms with Gasteiger partial charge in [-0.2, -0.15) is 0 Å². The van der Waals surface area contributed by atoms with Gasteiger partial charge in [-0.25, -0.2) is 4.98 Å². The number of aryl methyl sites for hydroxylation is 1. The molecule has 5 nitrogen and oxygen atoms in total. The monoisotopic (exact) mass is 238 g/mol. The minimum absolute atomic E-state index is 0.189. The topological polar surface area (TPSA) is 74.4 Å². The summed E-state index contributed by atoms with van der Waals surface area (Å²) in [7, 11) is 1.35. The number of rotatable bonds is 4. The van der Waals surface area contributed by atoms with E-state index in [-0.39, 0.29) is 12.6 Å². The summed E-state index contributed by atoms with van der Waals surface area (Å²) < 4.78 is 10.2. The smallest absolute Gasteiger partial charge is 0.314 e. The van der Waals surface area contributed by atoms with Crippen molar-refractivity contribution in [2.24, 2.45) is 5.41 Å². The van der Waals surface area contributed by atoms with E-state index in [0.29, 0.717) is 11.6 Å². The second kappa shape index (κ2) is 5.03. The Bertz CT molecular complexity index is 416. The van der Waals surface area contributed by atoms with E-state index in [9.17, 15) is 4.79 Å². The van der Waals surface area contributed by atoms with E-state index in [1.807, 2.05) is 6.92 Å². The first-order valence-electron chi connectivity index (χ1n) is 5.31. The fraction of sp³-hybridized carbons (Fsp3) is 0.500. The molecule has 2 N–H and O–H groups in total. The van der Waals surface area contributed by atoms with Gasteiger partial charge in [0.2, 0.25) is 0 Å². The van der Waals surface area contributed by atoms with Crippen molar-refractivity contribution in [2.75, 3.05) is 19.5 Å². The zero-order valence-electron chi connectivity index (χ0n) is 10.6. The lowest BCUT2D eigenvalue weighted by Gasteiger charge is -2.21. The second-order valence-electron chi connectivity index (χ2n) is 4.50. The molecule has 1 heterocycles. The molecule has 0 aromatic carbocycles. The first-order valence-corrected chi connectivity index (χ1v) is 5.31. The van der Waals surface area contributed by atoms with E-state index in [4.69, 9.17) is 10.5 Å². The highest BCUT2D eigenvalue weighted by molar-refractivity contribution is 5.75. The summed E-state index contributed by atoms with van der Waals surface area (Å²) in [6.07, 6.45) is 0. The lowest BCUT2D eigenvalue weighted by atomic mass is 9.95. The third-order valence-corrected chi connectivity index (χ3v) is 2.35. The molecule has 1 aromatic heterocycles. The number of aromatic nitrogens is 1. The van der Waals surface area contributed by atoms with E-state index < -0.39 is 5.41 Å². The van der Waals surface area contributed by atoms with Gasteiger partial charge in [0, 0.05) is 5.69 Å². The van der Waals surface area contributed by atoms with Crippen LogP contribution in [0.5, 0.6) is 5.75 Å². The largest absolute Gasteiger partial charge is 0.489 e. The first-order chi connectivity index (χ1) is 7.86. The van der Waals surface area contributed by atoms with Gasteiger partial charge in [0.1, 0.15) is 6.61 Å². The van der Waals surface area contributed by atoms with E-state index in [1.165, 1.54) is 7.11 Å². The van der Waals surface area contributed by atoms with Crippen LogP contribution in [0.3, 0.4) is 0 Å². The fourth-order valence-electron chi connectivity index (χ4n) is 1.28. The Balaban J connectivity index is 2.70. The number of anilines is 1. The lowest BCUT2D eigenvalue weighted by Crippen LogP contribution is -2.32. The van der Waals surface area contributed by atoms with Crippen molar-refractivity contribution in [3.63, 3.8) is 0 Å². The van der Waals surface area contributed by atoms with Crippen molar-refractivity contribution in [3.8, 4) is 5.75 Å². The molecule has 1 rings (SSSR count). The number of nitrogen functional groups attached to an aromatic ring is 1. The summed E-state index contributed by atoms with van der Waals surface area (Å²) in [6, 6.07) is 3.54. The minimum Gasteiger partial charge on any atom is -0.489 e. The summed E-state index contributed by atoms with van der Waals surface area (Å²) in [5.74, 6) is 0.481. The van der Waals surface area contributed by atoms with Gasteiger partial charge in [-0.15, -0.1) is 0 Å². The van der Waals surface area contributed by atoms with Crippen molar-refractivity contribution in [1.29, 1.82) is 0 Å². The van der Waals surface area contributed by atoms with Crippen LogP contribution in [0.1, 0.15) is 19.5 Å². The Kier molecular flexibility index (Phi) is 3.93. The second-order valence-corrected chi connectivity index (χ2v) is 4.50. The van der Waals surface area contributed by atoms with Crippen molar-refractivity contribution >= 4 is 11.8 Å². The van der Waals surface area contributed by atoms with Crippen molar-refractivity contribution < 1.29 is 14.3 Å². The number of ether oxygens (including phenoxy) is 2. The molecule has 5 heteroatoms. The predicted molar refractivity (Wildman–Crippen MR) is 64.7 cm³/mol. The highest BCUT2D eigenvalue weighted by Crippen LogP contribution is 2.23. The molecule has 0 fully saturated rings. The summed E-state index contributed by atoms with van der Waals surface area (Å²) >= 11 is 0. The number of hydrogen-bond acceptors (Lipinski definition) is 5. The van der Waals surface area contributed by atoms with Crippen LogP contribution in [0, 0.1) is 12.3 Å². The van der Waals surface area contributed by atoms with Gasteiger partial charge >= 0.3 is 5.97 Å². The molecule has 0 aliphatic carbocycles. The number of pyridine rings is 1. The highest BCUT2D eigenvalue weighted by Gasteiger charge is 2.30. The number of carbonyl (C=O) groups is 1. The molecule has 0 saturated heterocycles. The number of hydrogen-bond donors (Lipinski definition) is 1. The zero-order chi connectivity index (χ0) is 13.1. The fourth-order valence-corrected chi connectivity index (χ4v) is 1.28. The van der Waals surface area contributed by atoms with E-state index in [1.54, 1.807) is 26.0 Å². The maximum Gasteiger partial charge on any atom is 0.314 e. The normalized spacial score (nSPS) is 11.1. The average Bonchev–Trinajstić information content (AvgIpc) is 2.26. The van der Waals surface area contributed by atoms with Gasteiger partial charge in [0.25, 0.3) is 0 Å². The average molecular weight is 238 g/mol. The van der Waals surface area contributed by atoms with Crippen LogP contribution in [0.25, 0.3) is 0 Å². The number of carbonyl (C=O) groups excluding carboxylic acids is 1. The molecular formula is C12H18N2O3. The first kappa shape index (κ1) is 13.3. The van der Waals surface area contributed by atoms with E-state index in [0.717, 1.165) is 5.69 Å². The number of nitrogens with zero attached hydrogens (tertiary/aromatic N) is 1. The Labute approximate surface area is 101 Å². The summed E-state index contributed by atoms with van der Waals surface area (Å²) in [4.78, 5) is 15.5. The van der Waals surface area contributed by atoms with Gasteiger partial charge in [-0.3, -0.25) is 4.79 Å². The van der Waals surface area contributed by atoms with Gasteiger partial charge in [-0.05, 0) is 32.9 Å². The number of esters is 1. The SMILES string of the molecule is COC(=O)C(C)(C)COc1ccc(C)nc1N. The number of nitrogens with two attached hydrogens (primary N) is 1. The molecule has 0 unspecified atom stereocenters. The van der Waals surface area contributed by atoms with Crippen LogP contribution in [0.4, 0.5) is 5.82 Å². The molecule has 0 saturated carbocycles. The molecule has 0 aliphatic rings. The van der Waals surface area contributed by atoms with Crippen LogP contribution in [0.15, 0.2) is 12.1 Å². The Morgan fingerprint density at radius 3 is 2.65 bits per heavy atom. The molecule has 0 amide bonds. The van der Waals surface area contributed by atoms with Gasteiger partial charge in [0.05, 0.1) is 12.5 Å². The van der Waals surface area contributed by atoms with Gasteiger partial charge in [0.15, 0.2) is 11.6 Å². The van der Waals surface area contributed by atoms with E-state index in [2.05, 4.69) is 9.72 Å². The Morgan fingerprint density at radius 2 is 2.12 bits per heavy atom. The van der Waals surface area contributed by atoms with Crippen LogP contribution in [-0.4, -0.2) is 24.7 Å². The van der Waals surface area contributed by atoms with Crippen molar-refractivity contribution in [1.82, 2.24) is 4.98 Å². The summed E-state index contributed by atoms with van der Waals surface area (Å²) in [6.45, 7) is 5.53. The third kappa shape index (κ3) is 3.34. The van der Waals surface area contributed by atoms with Crippen LogP contribution < -0.4 is 10.5 Å². The zero-order valence-corrected chi connectivity index (χ0v) is 10.6. The highest BCUT2D eigenvalue weighted by atomic mass is 16.5. The third-order valence-electron chi connectivity index (χ3n) is 2.35. The maximum absolute atomic E-state index is 11.4. The van der Waals surface area contributed by atoms with Crippen molar-refractivity contribution in [3.05, 3.63) is 17.8 Å². The van der Waals surface area contributed by atoms with Crippen LogP contribution in [-0.2, 0) is 9.53 Å². The molecule has 17 heavy (non-hydrogen) atoms. The standard InChI is InChI=1S/C12H18N2O3/c1-8-5-6-9(10(13)14-8)17-7-12(2,3)11(15)16-4/h5-6H,7H2,1-4H3,(H2,13,14). The molecule has 1 aromatic rings. The predicted octanol–water partition coefficient (Wildman–Crippen LogP) is 1.55. The Morgan fingerprint density at radius 1 is 1.47 bits per heavy atom. The van der Waals surface area contributed by atoms with Crippen LogP contribution in [0.2, 0.25) is 0 Å². The van der Waals surface area contributed by atoms with Gasteiger partial charge in [-0.1, -0.05) is 0 Å². The molecular weight excluding hydrogens is 220 g/mol. The quantitative estimate of drug-likeness (QED) is 0.805. The van der Waals surface area contributed by atoms with E-state index >= 15 is 0 Å². The molecule has 0 radical (unpaired) electrons. The maximum atomic E-state index is 11.4. The molecule has 0 aliphatic heterocycles. The van der Waals surface area contributed by atoms with Crippen molar-refractivity contribution in [2.45, 2.75) is 20.8 Å². The van der Waals surface area contributed by atoms with Crippen LogP contribution >= 0.6 is 0 Å².